The van der Waals surface area contributed by atoms with Crippen LogP contribution in [0.2, 0.25) is 15.1 Å². The van der Waals surface area contributed by atoms with Crippen LogP contribution in [0.15, 0.2) is 231 Å². The first-order valence-electron chi connectivity index (χ1n) is 35.2. The zero-order valence-electron chi connectivity index (χ0n) is 62.3. The predicted octanol–water partition coefficient (Wildman–Crippen LogP) is 14.4. The third kappa shape index (κ3) is 23.2. The molecule has 5 heterocycles. The SMILES string of the molecule is CC(C)C1C(NC(=O)Cc2ccc(Cl)cc2)C(=O)N(c2ccccc2)N1C.COc1cccc(Cc2cc(C)nn(C(C)C(=O)Cc3ccc(Br)cc3)c2=O)c1.COc1cccc(Cc2cc(C)nn(Cc3ccc(Cl)cc3)c2=O)c1OC.Cc1cc(Cc2cccnc2)c(=O)n(CC(=O)Cc2ccc(Cl)cc2)n1. The van der Waals surface area contributed by atoms with Gasteiger partial charge in [0.05, 0.1) is 63.1 Å². The van der Waals surface area contributed by atoms with Gasteiger partial charge in [-0.15, -0.1) is 0 Å². The molecule has 0 aliphatic carbocycles. The lowest BCUT2D eigenvalue weighted by molar-refractivity contribution is -0.126. The highest BCUT2D eigenvalue weighted by Gasteiger charge is 2.47. The molecule has 1 aliphatic rings. The fourth-order valence-corrected chi connectivity index (χ4v) is 13.3. The molecular formula is C85H86BrCl3N10O10. The summed E-state index contributed by atoms with van der Waals surface area (Å²) in [5.74, 6) is 1.77. The van der Waals surface area contributed by atoms with E-state index in [4.69, 9.17) is 49.0 Å². The molecule has 0 saturated carbocycles. The summed E-state index contributed by atoms with van der Waals surface area (Å²) in [6, 6.07) is 59.7. The maximum Gasteiger partial charge on any atom is 0.270 e. The number of benzene rings is 7. The third-order valence-electron chi connectivity index (χ3n) is 17.8. The number of rotatable bonds is 24. The first kappa shape index (κ1) is 82.4. The van der Waals surface area contributed by atoms with Crippen LogP contribution < -0.4 is 41.2 Å². The number of halogens is 4. The summed E-state index contributed by atoms with van der Waals surface area (Å²) in [6.45, 7) is 11.7. The molecular weight excluding hydrogens is 1510 g/mol. The number of ketones is 2. The van der Waals surface area contributed by atoms with Gasteiger partial charge >= 0.3 is 0 Å². The van der Waals surface area contributed by atoms with Crippen LogP contribution in [0, 0.1) is 26.7 Å². The Bertz CT molecular complexity index is 5130. The lowest BCUT2D eigenvalue weighted by Crippen LogP contribution is -2.49. The van der Waals surface area contributed by atoms with E-state index in [-0.39, 0.29) is 77.8 Å². The number of aromatic nitrogens is 7. The van der Waals surface area contributed by atoms with Gasteiger partial charge < -0.3 is 19.5 Å². The fraction of sp³-hybridized carbons (Fsp3) is 0.259. The Morgan fingerprint density at radius 1 is 0.523 bits per heavy atom. The number of hydrazine groups is 1. The first-order valence-corrected chi connectivity index (χ1v) is 37.1. The van der Waals surface area contributed by atoms with Crippen LogP contribution in [0.1, 0.15) is 99.5 Å². The standard InChI is InChI=1S/C23H23BrN2O3.C21H24ClN3O2.C21H21ClN2O3.C20H18ClN3O2/c1-15-11-19(12-18-5-4-6-21(13-18)29-3)23(28)26(25-15)16(2)22(27)14-17-7-9-20(24)10-8-17;1-14(2)20-19(23-18(26)13-15-9-11-16(22)12-10-15)21(27)25(24(20)3)17-7-5-4-6-8-17;1-14-11-17(12-16-5-4-6-19(26-2)20(16)27-3)21(25)24(23-14)13-15-7-9-18(22)10-8-15;1-14-9-17(10-16-3-2-8-22-12-16)20(26)24(23-14)13-19(25)11-15-4-6-18(21)7-5-15/h4-11,13,16H,12,14H2,1-3H3;4-12,14,19-20H,13H2,1-3H3,(H,23,26);4-11H,12-13H2,1-3H3;2-9,12H,10-11,13H2,1H3. The van der Waals surface area contributed by atoms with E-state index in [1.165, 1.54) is 14.0 Å². The Labute approximate surface area is 657 Å². The number of likely N-dealkylation sites (N-methyl/N-ethyl adjacent to an activating group) is 1. The number of pyridine rings is 1. The molecule has 24 heteroatoms. The van der Waals surface area contributed by atoms with Crippen molar-refractivity contribution in [2.24, 2.45) is 5.92 Å². The molecule has 1 fully saturated rings. The van der Waals surface area contributed by atoms with Gasteiger partial charge in [-0.3, -0.25) is 38.5 Å². The topological polar surface area (TPSA) is 232 Å². The van der Waals surface area contributed by atoms with Crippen molar-refractivity contribution in [2.75, 3.05) is 33.4 Å². The molecule has 564 valence electrons. The lowest BCUT2D eigenvalue weighted by atomic mass is 9.97. The van der Waals surface area contributed by atoms with Crippen LogP contribution in [0.25, 0.3) is 0 Å². The highest BCUT2D eigenvalue weighted by atomic mass is 79.9. The number of carbonyl (C=O) groups is 4. The Balaban J connectivity index is 0.000000168. The van der Waals surface area contributed by atoms with E-state index in [9.17, 15) is 33.6 Å². The third-order valence-corrected chi connectivity index (χ3v) is 19.1. The minimum absolute atomic E-state index is 0.0524. The first-order chi connectivity index (χ1) is 52.3. The van der Waals surface area contributed by atoms with Crippen molar-refractivity contribution in [2.45, 2.75) is 111 Å². The van der Waals surface area contributed by atoms with Crippen molar-refractivity contribution in [1.82, 2.24) is 44.7 Å². The number of amides is 2. The zero-order chi connectivity index (χ0) is 78.4. The number of ether oxygens (including phenoxy) is 3. The molecule has 0 spiro atoms. The molecule has 1 saturated heterocycles. The number of nitrogens with one attached hydrogen (secondary N) is 1. The van der Waals surface area contributed by atoms with Crippen LogP contribution in [0.3, 0.4) is 0 Å². The summed E-state index contributed by atoms with van der Waals surface area (Å²) in [6.07, 6.45) is 5.46. The Morgan fingerprint density at radius 3 is 1.64 bits per heavy atom. The van der Waals surface area contributed by atoms with E-state index in [1.54, 1.807) is 106 Å². The summed E-state index contributed by atoms with van der Waals surface area (Å²) in [4.78, 5) is 93.6. The van der Waals surface area contributed by atoms with Crippen molar-refractivity contribution in [3.63, 3.8) is 0 Å². The molecule has 0 bridgehead atoms. The Hall–Kier alpha value is -10.7. The lowest BCUT2D eigenvalue weighted by Gasteiger charge is -2.30. The van der Waals surface area contributed by atoms with Gasteiger partial charge in [0.1, 0.15) is 24.4 Å². The summed E-state index contributed by atoms with van der Waals surface area (Å²) in [7, 11) is 6.69. The Morgan fingerprint density at radius 2 is 1.06 bits per heavy atom. The molecule has 7 aromatic carbocycles. The van der Waals surface area contributed by atoms with E-state index in [0.29, 0.717) is 80.5 Å². The molecule has 3 atom stereocenters. The van der Waals surface area contributed by atoms with Crippen LogP contribution in [0.4, 0.5) is 5.69 Å². The highest BCUT2D eigenvalue weighted by molar-refractivity contribution is 9.10. The molecule has 2 amide bonds. The molecule has 1 N–H and O–H groups in total. The number of hydrogen-bond donors (Lipinski definition) is 1. The minimum Gasteiger partial charge on any atom is -0.497 e. The van der Waals surface area contributed by atoms with Gasteiger partial charge in [-0.1, -0.05) is 162 Å². The smallest absolute Gasteiger partial charge is 0.270 e. The maximum absolute atomic E-state index is 13.1. The van der Waals surface area contributed by atoms with E-state index in [0.717, 1.165) is 60.5 Å². The second kappa shape index (κ2) is 39.4. The number of hydrogen-bond acceptors (Lipinski definition) is 15. The maximum atomic E-state index is 13.1. The molecule has 0 radical (unpaired) electrons. The van der Waals surface area contributed by atoms with Gasteiger partial charge in [0.15, 0.2) is 23.1 Å². The molecule has 11 aromatic rings. The van der Waals surface area contributed by atoms with E-state index in [1.807, 2.05) is 172 Å². The van der Waals surface area contributed by atoms with E-state index < -0.39 is 12.1 Å². The number of methoxy groups -OCH3 is 3. The van der Waals surface area contributed by atoms with Gasteiger partial charge in [0, 0.05) is 93.3 Å². The average molecular weight is 1590 g/mol. The van der Waals surface area contributed by atoms with Crippen LogP contribution in [-0.4, -0.2) is 103 Å². The number of carbonyl (C=O) groups excluding carboxylic acids is 4. The quantitative estimate of drug-likeness (QED) is 0.0593. The second-order valence-electron chi connectivity index (χ2n) is 26.6. The summed E-state index contributed by atoms with van der Waals surface area (Å²) >= 11 is 21.1. The monoisotopic (exact) mass is 1590 g/mol. The normalized spacial score (nSPS) is 13.4. The predicted molar refractivity (Wildman–Crippen MR) is 431 cm³/mol. The van der Waals surface area contributed by atoms with Crippen molar-refractivity contribution in [3.05, 3.63) is 336 Å². The van der Waals surface area contributed by atoms with Crippen LogP contribution >= 0.6 is 50.7 Å². The molecule has 3 unspecified atom stereocenters. The van der Waals surface area contributed by atoms with Gasteiger partial charge in [-0.05, 0) is 170 Å². The largest absolute Gasteiger partial charge is 0.497 e. The molecule has 1 aliphatic heterocycles. The van der Waals surface area contributed by atoms with E-state index in [2.05, 4.69) is 55.4 Å². The second-order valence-corrected chi connectivity index (χ2v) is 28.8. The molecule has 12 rings (SSSR count). The van der Waals surface area contributed by atoms with Gasteiger partial charge in [0.25, 0.3) is 22.6 Å². The molecule has 109 heavy (non-hydrogen) atoms. The van der Waals surface area contributed by atoms with Gasteiger partial charge in [0.2, 0.25) is 5.91 Å². The number of para-hydroxylation sites is 2. The summed E-state index contributed by atoms with van der Waals surface area (Å²) in [5, 5.41) is 21.4. The number of Topliss-reactive ketones (excluding diaryl/α,β-unsaturated/α-hetero) is 2. The minimum atomic E-state index is -0.643. The molecule has 4 aromatic heterocycles. The Kier molecular flexibility index (Phi) is 29.8. The summed E-state index contributed by atoms with van der Waals surface area (Å²) in [5.41, 5.74) is 10.6. The fourth-order valence-electron chi connectivity index (χ4n) is 12.6. The number of nitrogens with zero attached hydrogens (tertiary/aromatic N) is 9. The van der Waals surface area contributed by atoms with Crippen molar-refractivity contribution >= 4 is 79.8 Å². The average Bonchev–Trinajstić information content (AvgIpc) is 1.65. The van der Waals surface area contributed by atoms with Crippen molar-refractivity contribution in [3.8, 4) is 17.2 Å². The highest BCUT2D eigenvalue weighted by Crippen LogP contribution is 2.33. The molecule has 20 nitrogen and oxygen atoms in total. The van der Waals surface area contributed by atoms with Crippen molar-refractivity contribution in [1.29, 1.82) is 0 Å². The van der Waals surface area contributed by atoms with Gasteiger partial charge in [-0.2, -0.15) is 15.3 Å². The zero-order valence-corrected chi connectivity index (χ0v) is 66.1. The van der Waals surface area contributed by atoms with Gasteiger partial charge in [-0.25, -0.2) is 24.1 Å². The summed E-state index contributed by atoms with van der Waals surface area (Å²) < 4.78 is 21.1. The van der Waals surface area contributed by atoms with Crippen LogP contribution in [0.5, 0.6) is 17.2 Å². The van der Waals surface area contributed by atoms with Crippen LogP contribution in [-0.2, 0) is 70.8 Å². The van der Waals surface area contributed by atoms with Crippen molar-refractivity contribution < 1.29 is 33.4 Å². The van der Waals surface area contributed by atoms with E-state index >= 15 is 0 Å². The number of aryl methyl sites for hydroxylation is 3. The number of anilines is 1.